The van der Waals surface area contributed by atoms with Gasteiger partial charge >= 0.3 is 0 Å². The van der Waals surface area contributed by atoms with Crippen molar-refractivity contribution in [3.8, 4) is 11.5 Å². The number of piperidine rings is 1. The third-order valence-electron chi connectivity index (χ3n) is 3.70. The van der Waals surface area contributed by atoms with E-state index in [1.165, 1.54) is 0 Å². The lowest BCUT2D eigenvalue weighted by atomic mass is 10.1. The highest BCUT2D eigenvalue weighted by molar-refractivity contribution is 5.43. The number of benzene rings is 1. The molecule has 2 N–H and O–H groups in total. The van der Waals surface area contributed by atoms with Crippen LogP contribution in [0.5, 0.6) is 11.5 Å². The summed E-state index contributed by atoms with van der Waals surface area (Å²) in [6.45, 7) is 2.65. The van der Waals surface area contributed by atoms with Gasteiger partial charge in [-0.05, 0) is 44.0 Å². The van der Waals surface area contributed by atoms with Gasteiger partial charge in [0.05, 0.1) is 13.7 Å². The summed E-state index contributed by atoms with van der Waals surface area (Å²) < 4.78 is 11.5. The Labute approximate surface area is 120 Å². The number of likely N-dealkylation sites (tertiary alicyclic amines) is 1. The van der Waals surface area contributed by atoms with E-state index in [0.717, 1.165) is 49.4 Å². The molecule has 1 saturated heterocycles. The van der Waals surface area contributed by atoms with E-state index in [0.29, 0.717) is 6.61 Å². The highest BCUT2D eigenvalue weighted by Gasteiger charge is 2.19. The van der Waals surface area contributed by atoms with Gasteiger partial charge in [0.1, 0.15) is 6.10 Å². The summed E-state index contributed by atoms with van der Waals surface area (Å²) in [6, 6.07) is 5.98. The van der Waals surface area contributed by atoms with E-state index in [9.17, 15) is 0 Å². The Balaban J connectivity index is 2.03. The average Bonchev–Trinajstić information content (AvgIpc) is 2.48. The normalized spacial score (nSPS) is 17.1. The molecule has 1 fully saturated rings. The van der Waals surface area contributed by atoms with E-state index >= 15 is 0 Å². The van der Waals surface area contributed by atoms with Gasteiger partial charge in [-0.1, -0.05) is 6.07 Å². The second-order valence-electron chi connectivity index (χ2n) is 5.23. The van der Waals surface area contributed by atoms with Crippen LogP contribution < -0.4 is 15.4 Å². The second-order valence-corrected chi connectivity index (χ2v) is 5.23. The predicted molar refractivity (Wildman–Crippen MR) is 78.0 cm³/mol. The van der Waals surface area contributed by atoms with Crippen molar-refractivity contribution in [1.29, 1.82) is 0 Å². The van der Waals surface area contributed by atoms with Crippen molar-refractivity contribution in [3.05, 3.63) is 23.8 Å². The summed E-state index contributed by atoms with van der Waals surface area (Å²) in [5, 5.41) is 0. The molecule has 1 heterocycles. The van der Waals surface area contributed by atoms with Crippen molar-refractivity contribution in [2.24, 2.45) is 5.90 Å². The van der Waals surface area contributed by atoms with E-state index < -0.39 is 0 Å². The molecule has 1 aromatic carbocycles. The Kier molecular flexibility index (Phi) is 5.64. The standard InChI is InChI=1S/C15H24N2O3/c1-17-8-5-13(6-9-17)20-15-11-12(7-10-19-16)3-4-14(15)18-2/h3-4,11,13H,5-10,16H2,1-2H3. The van der Waals surface area contributed by atoms with Crippen molar-refractivity contribution in [2.45, 2.75) is 25.4 Å². The molecule has 112 valence electrons. The third kappa shape index (κ3) is 4.10. The molecule has 0 atom stereocenters. The van der Waals surface area contributed by atoms with Gasteiger partial charge in [-0.2, -0.15) is 0 Å². The maximum Gasteiger partial charge on any atom is 0.161 e. The first-order chi connectivity index (χ1) is 9.72. The molecule has 0 aliphatic carbocycles. The van der Waals surface area contributed by atoms with Crippen LogP contribution in [0.15, 0.2) is 18.2 Å². The van der Waals surface area contributed by atoms with Gasteiger partial charge in [0.25, 0.3) is 0 Å². The molecule has 1 aromatic rings. The number of methoxy groups -OCH3 is 1. The summed E-state index contributed by atoms with van der Waals surface area (Å²) in [5.41, 5.74) is 1.14. The van der Waals surface area contributed by atoms with Crippen LogP contribution in [-0.4, -0.2) is 44.9 Å². The van der Waals surface area contributed by atoms with Gasteiger partial charge in [-0.3, -0.25) is 0 Å². The van der Waals surface area contributed by atoms with E-state index in [1.54, 1.807) is 7.11 Å². The van der Waals surface area contributed by atoms with Crippen molar-refractivity contribution in [3.63, 3.8) is 0 Å². The number of rotatable bonds is 6. The second kappa shape index (κ2) is 7.47. The van der Waals surface area contributed by atoms with Crippen LogP contribution in [0.25, 0.3) is 0 Å². The summed E-state index contributed by atoms with van der Waals surface area (Å²) in [6.07, 6.45) is 3.14. The monoisotopic (exact) mass is 280 g/mol. The Morgan fingerprint density at radius 3 is 2.65 bits per heavy atom. The first-order valence-electron chi connectivity index (χ1n) is 7.06. The minimum Gasteiger partial charge on any atom is -0.493 e. The first-order valence-corrected chi connectivity index (χ1v) is 7.06. The van der Waals surface area contributed by atoms with Crippen LogP contribution in [0, 0.1) is 0 Å². The maximum atomic E-state index is 6.12. The molecular weight excluding hydrogens is 256 g/mol. The van der Waals surface area contributed by atoms with Gasteiger partial charge in [0.15, 0.2) is 11.5 Å². The van der Waals surface area contributed by atoms with Crippen LogP contribution in [-0.2, 0) is 11.3 Å². The number of hydrogen-bond donors (Lipinski definition) is 1. The Hall–Kier alpha value is -1.30. The number of nitrogens with two attached hydrogens (primary N) is 1. The van der Waals surface area contributed by atoms with Crippen LogP contribution in [0.3, 0.4) is 0 Å². The zero-order chi connectivity index (χ0) is 14.4. The van der Waals surface area contributed by atoms with Gasteiger partial charge in [0, 0.05) is 13.1 Å². The van der Waals surface area contributed by atoms with Gasteiger partial charge in [-0.25, -0.2) is 5.90 Å². The zero-order valence-corrected chi connectivity index (χ0v) is 12.3. The van der Waals surface area contributed by atoms with Crippen molar-refractivity contribution < 1.29 is 14.3 Å². The molecule has 0 unspecified atom stereocenters. The molecule has 5 nitrogen and oxygen atoms in total. The number of nitrogens with zero attached hydrogens (tertiary/aromatic N) is 1. The fourth-order valence-electron chi connectivity index (χ4n) is 2.43. The van der Waals surface area contributed by atoms with E-state index in [1.807, 2.05) is 18.2 Å². The van der Waals surface area contributed by atoms with E-state index in [4.69, 9.17) is 15.4 Å². The molecular formula is C15H24N2O3. The predicted octanol–water partition coefficient (Wildman–Crippen LogP) is 1.60. The molecule has 0 amide bonds. The Morgan fingerprint density at radius 2 is 2.00 bits per heavy atom. The SMILES string of the molecule is COc1ccc(CCON)cc1OC1CCN(C)CC1. The molecule has 0 aromatic heterocycles. The quantitative estimate of drug-likeness (QED) is 0.802. The molecule has 5 heteroatoms. The molecule has 0 spiro atoms. The summed E-state index contributed by atoms with van der Waals surface area (Å²) in [7, 11) is 3.81. The minimum atomic E-state index is 0.265. The zero-order valence-electron chi connectivity index (χ0n) is 12.3. The lowest BCUT2D eigenvalue weighted by molar-refractivity contribution is 0.111. The fraction of sp³-hybridized carbons (Fsp3) is 0.600. The van der Waals surface area contributed by atoms with Crippen molar-refractivity contribution in [1.82, 2.24) is 4.90 Å². The molecule has 0 radical (unpaired) electrons. The largest absolute Gasteiger partial charge is 0.493 e. The van der Waals surface area contributed by atoms with Crippen LogP contribution in [0.1, 0.15) is 18.4 Å². The topological polar surface area (TPSA) is 57.0 Å². The third-order valence-corrected chi connectivity index (χ3v) is 3.70. The van der Waals surface area contributed by atoms with Gasteiger partial charge in [0.2, 0.25) is 0 Å². The highest BCUT2D eigenvalue weighted by Crippen LogP contribution is 2.30. The van der Waals surface area contributed by atoms with Crippen molar-refractivity contribution >= 4 is 0 Å². The van der Waals surface area contributed by atoms with E-state index in [2.05, 4.69) is 16.8 Å². The fourth-order valence-corrected chi connectivity index (χ4v) is 2.43. The smallest absolute Gasteiger partial charge is 0.161 e. The van der Waals surface area contributed by atoms with Crippen LogP contribution in [0.4, 0.5) is 0 Å². The lowest BCUT2D eigenvalue weighted by Crippen LogP contribution is -2.35. The number of hydrogen-bond acceptors (Lipinski definition) is 5. The molecule has 0 saturated carbocycles. The minimum absolute atomic E-state index is 0.265. The highest BCUT2D eigenvalue weighted by atomic mass is 16.6. The molecule has 0 bridgehead atoms. The lowest BCUT2D eigenvalue weighted by Gasteiger charge is -2.29. The summed E-state index contributed by atoms with van der Waals surface area (Å²) >= 11 is 0. The Bertz CT molecular complexity index is 418. The number of ether oxygens (including phenoxy) is 2. The van der Waals surface area contributed by atoms with Crippen molar-refractivity contribution in [2.75, 3.05) is 33.9 Å². The summed E-state index contributed by atoms with van der Waals surface area (Å²) in [4.78, 5) is 6.95. The molecule has 20 heavy (non-hydrogen) atoms. The maximum absolute atomic E-state index is 6.12. The van der Waals surface area contributed by atoms with Gasteiger partial charge in [-0.15, -0.1) is 0 Å². The molecule has 2 rings (SSSR count). The summed E-state index contributed by atoms with van der Waals surface area (Å²) in [5.74, 6) is 6.67. The van der Waals surface area contributed by atoms with Gasteiger partial charge < -0.3 is 19.2 Å². The Morgan fingerprint density at radius 1 is 1.25 bits per heavy atom. The molecule has 1 aliphatic heterocycles. The van der Waals surface area contributed by atoms with E-state index in [-0.39, 0.29) is 6.10 Å². The van der Waals surface area contributed by atoms with Crippen LogP contribution >= 0.6 is 0 Å². The average molecular weight is 280 g/mol. The van der Waals surface area contributed by atoms with Crippen LogP contribution in [0.2, 0.25) is 0 Å². The first kappa shape index (κ1) is 15.1. The molecule has 1 aliphatic rings.